The lowest BCUT2D eigenvalue weighted by Crippen LogP contribution is -1.94. The number of nitrogens with zero attached hydrogens (tertiary/aromatic N) is 1. The molecule has 128 valence electrons. The van der Waals surface area contributed by atoms with Crippen molar-refractivity contribution in [3.05, 3.63) is 89.1 Å². The Hall–Kier alpha value is -2.41. The zero-order chi connectivity index (χ0) is 17.5. The summed E-state index contributed by atoms with van der Waals surface area (Å²) in [6.45, 7) is 4.40. The lowest BCUT2D eigenvalue weighted by atomic mass is 10.0. The first-order chi connectivity index (χ1) is 12.3. The third-order valence-electron chi connectivity index (χ3n) is 4.75. The second kappa shape index (κ2) is 8.62. The Morgan fingerprint density at radius 2 is 1.16 bits per heavy atom. The minimum absolute atomic E-state index is 1.04. The van der Waals surface area contributed by atoms with Crippen LogP contribution < -0.4 is 0 Å². The standard InChI is InChI=1S/C24H27N/c1-3-5-20-6-8-21(9-7-20)10-11-22-14-17-24(25-18-22)23-15-12-19(4-2)13-16-23/h6-9,12-18H,3-5,10-11H2,1-2H3. The smallest absolute Gasteiger partial charge is 0.0702 e. The molecule has 0 unspecified atom stereocenters. The van der Waals surface area contributed by atoms with Gasteiger partial charge < -0.3 is 0 Å². The predicted octanol–water partition coefficient (Wildman–Crippen LogP) is 6.05. The van der Waals surface area contributed by atoms with Crippen molar-refractivity contribution in [3.63, 3.8) is 0 Å². The highest BCUT2D eigenvalue weighted by atomic mass is 14.7. The summed E-state index contributed by atoms with van der Waals surface area (Å²) in [7, 11) is 0. The highest BCUT2D eigenvalue weighted by Crippen LogP contribution is 2.19. The second-order valence-electron chi connectivity index (χ2n) is 6.67. The molecule has 1 aromatic heterocycles. The molecule has 3 aromatic rings. The molecular weight excluding hydrogens is 302 g/mol. The van der Waals surface area contributed by atoms with Crippen LogP contribution in [0.25, 0.3) is 11.3 Å². The van der Waals surface area contributed by atoms with Crippen LogP contribution in [0, 0.1) is 0 Å². The van der Waals surface area contributed by atoms with Gasteiger partial charge in [-0.1, -0.05) is 74.9 Å². The molecule has 0 atom stereocenters. The van der Waals surface area contributed by atoms with Crippen molar-refractivity contribution < 1.29 is 0 Å². The molecule has 0 spiro atoms. The van der Waals surface area contributed by atoms with Crippen LogP contribution in [0.3, 0.4) is 0 Å². The molecule has 0 bridgehead atoms. The molecular formula is C24H27N. The van der Waals surface area contributed by atoms with Gasteiger partial charge in [-0.15, -0.1) is 0 Å². The van der Waals surface area contributed by atoms with Gasteiger partial charge in [0.25, 0.3) is 0 Å². The maximum Gasteiger partial charge on any atom is 0.0702 e. The van der Waals surface area contributed by atoms with Gasteiger partial charge in [-0.05, 0) is 54.0 Å². The average Bonchev–Trinajstić information content (AvgIpc) is 2.68. The van der Waals surface area contributed by atoms with Crippen molar-refractivity contribution in [1.82, 2.24) is 4.98 Å². The van der Waals surface area contributed by atoms with Crippen LogP contribution in [0.5, 0.6) is 0 Å². The van der Waals surface area contributed by atoms with E-state index in [9.17, 15) is 0 Å². The van der Waals surface area contributed by atoms with Gasteiger partial charge >= 0.3 is 0 Å². The maximum absolute atomic E-state index is 4.66. The summed E-state index contributed by atoms with van der Waals surface area (Å²) in [4.78, 5) is 4.66. The Balaban J connectivity index is 1.60. The summed E-state index contributed by atoms with van der Waals surface area (Å²) in [6, 6.07) is 22.1. The molecule has 0 radical (unpaired) electrons. The van der Waals surface area contributed by atoms with E-state index in [4.69, 9.17) is 0 Å². The Labute approximate surface area is 151 Å². The Bertz CT molecular complexity index is 768. The minimum Gasteiger partial charge on any atom is -0.256 e. The van der Waals surface area contributed by atoms with Gasteiger partial charge in [0.15, 0.2) is 0 Å². The lowest BCUT2D eigenvalue weighted by molar-refractivity contribution is 0.913. The van der Waals surface area contributed by atoms with Crippen molar-refractivity contribution in [3.8, 4) is 11.3 Å². The van der Waals surface area contributed by atoms with Gasteiger partial charge in [0.1, 0.15) is 0 Å². The molecule has 0 saturated heterocycles. The summed E-state index contributed by atoms with van der Waals surface area (Å²) < 4.78 is 0. The molecule has 0 aliphatic heterocycles. The molecule has 0 amide bonds. The predicted molar refractivity (Wildman–Crippen MR) is 107 cm³/mol. The highest BCUT2D eigenvalue weighted by molar-refractivity contribution is 5.59. The van der Waals surface area contributed by atoms with Crippen molar-refractivity contribution in [1.29, 1.82) is 0 Å². The number of hydrogen-bond acceptors (Lipinski definition) is 1. The summed E-state index contributed by atoms with van der Waals surface area (Å²) in [6.07, 6.45) is 7.58. The topological polar surface area (TPSA) is 12.9 Å². The number of aryl methyl sites for hydroxylation is 4. The number of benzene rings is 2. The van der Waals surface area contributed by atoms with E-state index >= 15 is 0 Å². The van der Waals surface area contributed by atoms with Gasteiger partial charge in [0.2, 0.25) is 0 Å². The van der Waals surface area contributed by atoms with E-state index in [1.807, 2.05) is 6.20 Å². The van der Waals surface area contributed by atoms with E-state index in [1.54, 1.807) is 0 Å². The van der Waals surface area contributed by atoms with Gasteiger partial charge in [-0.3, -0.25) is 4.98 Å². The largest absolute Gasteiger partial charge is 0.256 e. The SMILES string of the molecule is CCCc1ccc(CCc2ccc(-c3ccc(CC)cc3)nc2)cc1. The Kier molecular flexibility index (Phi) is 6.00. The van der Waals surface area contributed by atoms with Crippen molar-refractivity contribution in [2.24, 2.45) is 0 Å². The molecule has 0 N–H and O–H groups in total. The fourth-order valence-corrected chi connectivity index (χ4v) is 3.10. The molecule has 1 heteroatoms. The molecule has 25 heavy (non-hydrogen) atoms. The molecule has 2 aromatic carbocycles. The van der Waals surface area contributed by atoms with Gasteiger partial charge in [-0.25, -0.2) is 0 Å². The molecule has 0 aliphatic carbocycles. The maximum atomic E-state index is 4.66. The van der Waals surface area contributed by atoms with E-state index in [2.05, 4.69) is 79.5 Å². The van der Waals surface area contributed by atoms with Crippen LogP contribution in [-0.4, -0.2) is 4.98 Å². The zero-order valence-electron chi connectivity index (χ0n) is 15.3. The van der Waals surface area contributed by atoms with Crippen LogP contribution in [0.1, 0.15) is 42.5 Å². The van der Waals surface area contributed by atoms with Crippen LogP contribution >= 0.6 is 0 Å². The first kappa shape index (κ1) is 17.4. The highest BCUT2D eigenvalue weighted by Gasteiger charge is 2.01. The second-order valence-corrected chi connectivity index (χ2v) is 6.67. The Morgan fingerprint density at radius 3 is 1.72 bits per heavy atom. The van der Waals surface area contributed by atoms with E-state index in [0.29, 0.717) is 0 Å². The van der Waals surface area contributed by atoms with Crippen LogP contribution in [-0.2, 0) is 25.7 Å². The van der Waals surface area contributed by atoms with E-state index < -0.39 is 0 Å². The first-order valence-corrected chi connectivity index (χ1v) is 9.40. The lowest BCUT2D eigenvalue weighted by Gasteiger charge is -2.06. The van der Waals surface area contributed by atoms with E-state index in [1.165, 1.54) is 40.7 Å². The molecule has 1 nitrogen and oxygen atoms in total. The molecule has 3 rings (SSSR count). The van der Waals surface area contributed by atoms with Gasteiger partial charge in [0.05, 0.1) is 5.69 Å². The number of aromatic nitrogens is 1. The molecule has 0 fully saturated rings. The summed E-state index contributed by atoms with van der Waals surface area (Å²) in [5, 5.41) is 0. The fraction of sp³-hybridized carbons (Fsp3) is 0.292. The van der Waals surface area contributed by atoms with Crippen molar-refractivity contribution in [2.75, 3.05) is 0 Å². The van der Waals surface area contributed by atoms with Crippen molar-refractivity contribution >= 4 is 0 Å². The van der Waals surface area contributed by atoms with Crippen molar-refractivity contribution in [2.45, 2.75) is 46.0 Å². The summed E-state index contributed by atoms with van der Waals surface area (Å²) >= 11 is 0. The molecule has 0 saturated carbocycles. The van der Waals surface area contributed by atoms with Crippen LogP contribution in [0.15, 0.2) is 66.9 Å². The fourth-order valence-electron chi connectivity index (χ4n) is 3.10. The quantitative estimate of drug-likeness (QED) is 0.514. The Morgan fingerprint density at radius 1 is 0.600 bits per heavy atom. The number of pyridine rings is 1. The number of rotatable bonds is 7. The summed E-state index contributed by atoms with van der Waals surface area (Å²) in [5.41, 5.74) is 7.74. The summed E-state index contributed by atoms with van der Waals surface area (Å²) in [5.74, 6) is 0. The zero-order valence-corrected chi connectivity index (χ0v) is 15.3. The average molecular weight is 329 g/mol. The molecule has 0 aliphatic rings. The van der Waals surface area contributed by atoms with E-state index in [-0.39, 0.29) is 0 Å². The van der Waals surface area contributed by atoms with Gasteiger partial charge in [0, 0.05) is 11.8 Å². The number of hydrogen-bond donors (Lipinski definition) is 0. The van der Waals surface area contributed by atoms with Crippen LogP contribution in [0.2, 0.25) is 0 Å². The van der Waals surface area contributed by atoms with Crippen LogP contribution in [0.4, 0.5) is 0 Å². The molecule has 1 heterocycles. The monoisotopic (exact) mass is 329 g/mol. The minimum atomic E-state index is 1.04. The third-order valence-corrected chi connectivity index (χ3v) is 4.75. The first-order valence-electron chi connectivity index (χ1n) is 9.40. The normalized spacial score (nSPS) is 10.8. The van der Waals surface area contributed by atoms with Gasteiger partial charge in [-0.2, -0.15) is 0 Å². The van der Waals surface area contributed by atoms with E-state index in [0.717, 1.165) is 25.0 Å². The third kappa shape index (κ3) is 4.79.